The van der Waals surface area contributed by atoms with Gasteiger partial charge < -0.3 is 4.74 Å². The van der Waals surface area contributed by atoms with Crippen LogP contribution in [0.25, 0.3) is 0 Å². The zero-order valence-electron chi connectivity index (χ0n) is 10.3. The number of nitriles is 2. The Hall–Kier alpha value is -2.33. The highest BCUT2D eigenvalue weighted by atomic mass is 16.5. The second kappa shape index (κ2) is 7.09. The number of benzene rings is 1. The third-order valence-electron chi connectivity index (χ3n) is 2.52. The number of carbonyl (C=O) groups excluding carboxylic acids is 1. The summed E-state index contributed by atoms with van der Waals surface area (Å²) in [6, 6.07) is 9.37. The Morgan fingerprint density at radius 1 is 1.39 bits per heavy atom. The fraction of sp³-hybridized carbons (Fsp3) is 0.357. The quantitative estimate of drug-likeness (QED) is 0.741. The molecule has 0 radical (unpaired) electrons. The lowest BCUT2D eigenvalue weighted by Crippen LogP contribution is -2.10. The second-order valence-electron chi connectivity index (χ2n) is 3.69. The van der Waals surface area contributed by atoms with Crippen molar-refractivity contribution in [1.29, 1.82) is 10.5 Å². The van der Waals surface area contributed by atoms with Gasteiger partial charge in [-0.05, 0) is 30.5 Å². The van der Waals surface area contributed by atoms with Crippen LogP contribution in [0.5, 0.6) is 0 Å². The first-order valence-electron chi connectivity index (χ1n) is 5.76. The Morgan fingerprint density at radius 2 is 2.17 bits per heavy atom. The van der Waals surface area contributed by atoms with Gasteiger partial charge in [0.05, 0.1) is 30.7 Å². The summed E-state index contributed by atoms with van der Waals surface area (Å²) < 4.78 is 4.89. The zero-order valence-corrected chi connectivity index (χ0v) is 10.3. The number of rotatable bonds is 5. The van der Waals surface area contributed by atoms with E-state index in [1.165, 1.54) is 0 Å². The molecule has 0 N–H and O–H groups in total. The molecule has 18 heavy (non-hydrogen) atoms. The molecule has 0 heterocycles. The molecule has 0 aromatic heterocycles. The van der Waals surface area contributed by atoms with E-state index in [1.807, 2.05) is 6.07 Å². The Labute approximate surface area is 106 Å². The van der Waals surface area contributed by atoms with Crippen LogP contribution in [0.15, 0.2) is 18.2 Å². The van der Waals surface area contributed by atoms with Crippen LogP contribution in [0.3, 0.4) is 0 Å². The van der Waals surface area contributed by atoms with E-state index < -0.39 is 0 Å². The number of hydrogen-bond donors (Lipinski definition) is 0. The Balaban J connectivity index is 2.99. The molecule has 0 saturated carbocycles. The molecule has 1 aromatic carbocycles. The van der Waals surface area contributed by atoms with E-state index in [9.17, 15) is 4.79 Å². The Kier molecular flexibility index (Phi) is 5.41. The van der Waals surface area contributed by atoms with Crippen LogP contribution in [0.1, 0.15) is 30.0 Å². The number of hydrogen-bond acceptors (Lipinski definition) is 4. The van der Waals surface area contributed by atoms with Gasteiger partial charge in [0.1, 0.15) is 0 Å². The number of esters is 1. The van der Waals surface area contributed by atoms with E-state index in [0.717, 1.165) is 11.1 Å². The van der Waals surface area contributed by atoms with Crippen molar-refractivity contribution in [2.75, 3.05) is 6.61 Å². The van der Waals surface area contributed by atoms with Crippen molar-refractivity contribution >= 4 is 5.97 Å². The average Bonchev–Trinajstić information content (AvgIpc) is 2.37. The topological polar surface area (TPSA) is 73.9 Å². The average molecular weight is 242 g/mol. The maximum absolute atomic E-state index is 11.5. The van der Waals surface area contributed by atoms with E-state index in [2.05, 4.69) is 6.07 Å². The molecule has 0 aliphatic heterocycles. The summed E-state index contributed by atoms with van der Waals surface area (Å²) in [5.74, 6) is -0.314. The SMILES string of the molecule is CCOC(=O)Cc1cccc(C#N)c1CCC#N. The highest BCUT2D eigenvalue weighted by Crippen LogP contribution is 2.17. The summed E-state index contributed by atoms with van der Waals surface area (Å²) in [5, 5.41) is 17.7. The lowest BCUT2D eigenvalue weighted by molar-refractivity contribution is -0.142. The van der Waals surface area contributed by atoms with Crippen LogP contribution in [0.4, 0.5) is 0 Å². The third-order valence-corrected chi connectivity index (χ3v) is 2.52. The maximum Gasteiger partial charge on any atom is 0.310 e. The van der Waals surface area contributed by atoms with Gasteiger partial charge in [-0.3, -0.25) is 4.79 Å². The maximum atomic E-state index is 11.5. The normalized spacial score (nSPS) is 9.28. The van der Waals surface area contributed by atoms with Gasteiger partial charge in [-0.2, -0.15) is 10.5 Å². The lowest BCUT2D eigenvalue weighted by Gasteiger charge is -2.09. The molecule has 92 valence electrons. The van der Waals surface area contributed by atoms with Crippen molar-refractivity contribution in [2.24, 2.45) is 0 Å². The van der Waals surface area contributed by atoms with Crippen molar-refractivity contribution in [3.8, 4) is 12.1 Å². The van der Waals surface area contributed by atoms with E-state index in [4.69, 9.17) is 15.3 Å². The molecule has 0 bridgehead atoms. The number of nitrogens with zero attached hydrogens (tertiary/aromatic N) is 2. The van der Waals surface area contributed by atoms with Gasteiger partial charge in [0.15, 0.2) is 0 Å². The standard InChI is InChI=1S/C14H14N2O2/c1-2-18-14(17)9-11-5-3-6-12(10-16)13(11)7-4-8-15/h3,5-6H,2,4,7,9H2,1H3. The molecule has 1 rings (SSSR count). The van der Waals surface area contributed by atoms with Crippen molar-refractivity contribution < 1.29 is 9.53 Å². The molecule has 0 saturated heterocycles. The molecule has 1 aromatic rings. The first-order valence-corrected chi connectivity index (χ1v) is 5.76. The molecule has 0 amide bonds. The van der Waals surface area contributed by atoms with Crippen LogP contribution in [-0.2, 0) is 22.4 Å². The van der Waals surface area contributed by atoms with Crippen molar-refractivity contribution in [3.63, 3.8) is 0 Å². The predicted molar refractivity (Wildman–Crippen MR) is 65.4 cm³/mol. The third kappa shape index (κ3) is 3.61. The molecular weight excluding hydrogens is 228 g/mol. The van der Waals surface area contributed by atoms with Crippen LogP contribution in [0.2, 0.25) is 0 Å². The van der Waals surface area contributed by atoms with E-state index >= 15 is 0 Å². The van der Waals surface area contributed by atoms with Gasteiger partial charge in [0, 0.05) is 6.42 Å². The minimum atomic E-state index is -0.314. The van der Waals surface area contributed by atoms with Gasteiger partial charge in [-0.25, -0.2) is 0 Å². The molecular formula is C14H14N2O2. The minimum Gasteiger partial charge on any atom is -0.466 e. The lowest BCUT2D eigenvalue weighted by atomic mass is 9.96. The molecule has 4 nitrogen and oxygen atoms in total. The molecule has 0 spiro atoms. The molecule has 0 aliphatic carbocycles. The Bertz CT molecular complexity index is 510. The summed E-state index contributed by atoms with van der Waals surface area (Å²) in [7, 11) is 0. The first kappa shape index (κ1) is 13.7. The second-order valence-corrected chi connectivity index (χ2v) is 3.69. The monoisotopic (exact) mass is 242 g/mol. The Morgan fingerprint density at radius 3 is 2.78 bits per heavy atom. The minimum absolute atomic E-state index is 0.143. The fourth-order valence-electron chi connectivity index (χ4n) is 1.75. The largest absolute Gasteiger partial charge is 0.466 e. The van der Waals surface area contributed by atoms with E-state index in [0.29, 0.717) is 25.0 Å². The highest BCUT2D eigenvalue weighted by Gasteiger charge is 2.12. The first-order chi connectivity index (χ1) is 8.72. The molecule has 0 aliphatic rings. The van der Waals surface area contributed by atoms with E-state index in [1.54, 1.807) is 25.1 Å². The van der Waals surface area contributed by atoms with Crippen molar-refractivity contribution in [3.05, 3.63) is 34.9 Å². The molecule has 0 fully saturated rings. The van der Waals surface area contributed by atoms with Gasteiger partial charge >= 0.3 is 5.97 Å². The van der Waals surface area contributed by atoms with Crippen LogP contribution >= 0.6 is 0 Å². The van der Waals surface area contributed by atoms with Crippen molar-refractivity contribution in [2.45, 2.75) is 26.2 Å². The van der Waals surface area contributed by atoms with Crippen LogP contribution < -0.4 is 0 Å². The molecule has 0 unspecified atom stereocenters. The molecule has 0 atom stereocenters. The van der Waals surface area contributed by atoms with Gasteiger partial charge in [0.25, 0.3) is 0 Å². The number of carbonyl (C=O) groups is 1. The summed E-state index contributed by atoms with van der Waals surface area (Å²) in [4.78, 5) is 11.5. The summed E-state index contributed by atoms with van der Waals surface area (Å²) >= 11 is 0. The summed E-state index contributed by atoms with van der Waals surface area (Å²) in [5.41, 5.74) is 2.06. The smallest absolute Gasteiger partial charge is 0.310 e. The zero-order chi connectivity index (χ0) is 13.4. The van der Waals surface area contributed by atoms with Crippen LogP contribution in [0, 0.1) is 22.7 Å². The number of ether oxygens (including phenoxy) is 1. The fourth-order valence-corrected chi connectivity index (χ4v) is 1.75. The van der Waals surface area contributed by atoms with E-state index in [-0.39, 0.29) is 12.4 Å². The molecule has 4 heteroatoms. The van der Waals surface area contributed by atoms with Gasteiger partial charge in [-0.15, -0.1) is 0 Å². The summed E-state index contributed by atoms with van der Waals surface area (Å²) in [6.07, 6.45) is 0.952. The summed E-state index contributed by atoms with van der Waals surface area (Å²) in [6.45, 7) is 2.09. The van der Waals surface area contributed by atoms with Gasteiger partial charge in [0.2, 0.25) is 0 Å². The van der Waals surface area contributed by atoms with Gasteiger partial charge in [-0.1, -0.05) is 12.1 Å². The van der Waals surface area contributed by atoms with Crippen molar-refractivity contribution in [1.82, 2.24) is 0 Å². The highest BCUT2D eigenvalue weighted by molar-refractivity contribution is 5.73. The predicted octanol–water partition coefficient (Wildman–Crippen LogP) is 2.12. The van der Waals surface area contributed by atoms with Crippen LogP contribution in [-0.4, -0.2) is 12.6 Å².